The molecule has 3 nitrogen and oxygen atoms in total. The molecular weight excluding hydrogens is 350 g/mol. The second-order valence-electron chi connectivity index (χ2n) is 3.84. The zero-order valence-electron chi connectivity index (χ0n) is 9.54. The third-order valence-electron chi connectivity index (χ3n) is 2.52. The first kappa shape index (κ1) is 13.1. The highest BCUT2D eigenvalue weighted by Crippen LogP contribution is 2.33. The van der Waals surface area contributed by atoms with Crippen LogP contribution in [0.1, 0.15) is 12.5 Å². The quantitative estimate of drug-likeness (QED) is 0.660. The topological polar surface area (TPSA) is 46.5 Å². The summed E-state index contributed by atoms with van der Waals surface area (Å²) in [7, 11) is 0. The predicted octanol–water partition coefficient (Wildman–Crippen LogP) is 3.35. The molecule has 0 saturated heterocycles. The molecule has 0 saturated carbocycles. The van der Waals surface area contributed by atoms with Crippen molar-refractivity contribution in [2.45, 2.75) is 13.5 Å². The van der Waals surface area contributed by atoms with Gasteiger partial charge in [-0.15, -0.1) is 0 Å². The summed E-state index contributed by atoms with van der Waals surface area (Å²) in [6.07, 6.45) is 0. The van der Waals surface area contributed by atoms with Gasteiger partial charge in [0, 0.05) is 17.9 Å². The second kappa shape index (κ2) is 5.09. The number of hydrogen-bond acceptors (Lipinski definition) is 3. The summed E-state index contributed by atoms with van der Waals surface area (Å²) in [6, 6.07) is 5.96. The zero-order valence-corrected chi connectivity index (χ0v) is 11.7. The van der Waals surface area contributed by atoms with Gasteiger partial charge in [-0.25, -0.2) is 4.39 Å². The molecule has 0 fully saturated rings. The van der Waals surface area contributed by atoms with Crippen molar-refractivity contribution in [3.63, 3.8) is 0 Å². The average Bonchev–Trinajstić information content (AvgIpc) is 2.32. The van der Waals surface area contributed by atoms with E-state index >= 15 is 0 Å². The number of fused-ring (bicyclic) bond motifs is 1. The minimum Gasteiger partial charge on any atom is -0.506 e. The van der Waals surface area contributed by atoms with Crippen LogP contribution >= 0.6 is 22.6 Å². The zero-order chi connectivity index (χ0) is 13.3. The number of halogens is 2. The number of carbonyl (C=O) groups excluding carboxylic acids is 1. The minimum absolute atomic E-state index is 0.00903. The van der Waals surface area contributed by atoms with Crippen LogP contribution in [0, 0.1) is 9.39 Å². The van der Waals surface area contributed by atoms with Crippen molar-refractivity contribution in [2.24, 2.45) is 0 Å². The van der Waals surface area contributed by atoms with Crippen LogP contribution in [0.3, 0.4) is 0 Å². The number of phenols is 1. The van der Waals surface area contributed by atoms with Gasteiger partial charge in [0.05, 0.1) is 3.57 Å². The van der Waals surface area contributed by atoms with Gasteiger partial charge in [-0.1, -0.05) is 6.07 Å². The molecule has 2 aromatic rings. The van der Waals surface area contributed by atoms with Crippen molar-refractivity contribution in [2.75, 3.05) is 0 Å². The van der Waals surface area contributed by atoms with E-state index in [-0.39, 0.29) is 18.3 Å². The van der Waals surface area contributed by atoms with E-state index in [0.717, 1.165) is 0 Å². The fourth-order valence-electron chi connectivity index (χ4n) is 1.67. The number of rotatable bonds is 2. The summed E-state index contributed by atoms with van der Waals surface area (Å²) in [6.45, 7) is 1.41. The Kier molecular flexibility index (Phi) is 3.70. The molecule has 0 aliphatic carbocycles. The number of benzene rings is 2. The van der Waals surface area contributed by atoms with Crippen LogP contribution < -0.4 is 0 Å². The molecular formula is C13H10FIO3. The lowest BCUT2D eigenvalue weighted by Gasteiger charge is -2.10. The number of ether oxygens (including phenoxy) is 1. The molecule has 0 unspecified atom stereocenters. The normalized spacial score (nSPS) is 10.6. The molecule has 0 amide bonds. The molecule has 1 N–H and O–H groups in total. The van der Waals surface area contributed by atoms with Gasteiger partial charge in [0.2, 0.25) is 0 Å². The van der Waals surface area contributed by atoms with Gasteiger partial charge in [0.1, 0.15) is 18.2 Å². The van der Waals surface area contributed by atoms with Gasteiger partial charge < -0.3 is 9.84 Å². The summed E-state index contributed by atoms with van der Waals surface area (Å²) in [5, 5.41) is 11.2. The van der Waals surface area contributed by atoms with E-state index in [2.05, 4.69) is 0 Å². The fraction of sp³-hybridized carbons (Fsp3) is 0.154. The molecule has 0 aromatic heterocycles. The minimum atomic E-state index is -0.402. The third kappa shape index (κ3) is 2.55. The molecule has 2 rings (SSSR count). The van der Waals surface area contributed by atoms with Gasteiger partial charge in [0.25, 0.3) is 0 Å². The Hall–Kier alpha value is -1.37. The highest BCUT2D eigenvalue weighted by Gasteiger charge is 2.12. The Morgan fingerprint density at radius 1 is 1.44 bits per heavy atom. The van der Waals surface area contributed by atoms with Gasteiger partial charge in [0.15, 0.2) is 0 Å². The Labute approximate surface area is 117 Å². The van der Waals surface area contributed by atoms with Crippen LogP contribution in [0.4, 0.5) is 4.39 Å². The van der Waals surface area contributed by atoms with E-state index in [1.165, 1.54) is 19.1 Å². The maximum Gasteiger partial charge on any atom is 0.302 e. The van der Waals surface area contributed by atoms with Gasteiger partial charge in [-0.3, -0.25) is 4.79 Å². The molecule has 0 aliphatic heterocycles. The van der Waals surface area contributed by atoms with Crippen LogP contribution in [0.25, 0.3) is 10.8 Å². The Bertz CT molecular complexity index is 625. The standard InChI is InChI=1S/C13H10FIO3/c1-7(16)18-6-9-4-8-2-3-10(14)5-11(8)13(17)12(9)15/h2-5,17H,6H2,1H3. The molecule has 0 spiro atoms. The molecule has 0 atom stereocenters. The summed E-state index contributed by atoms with van der Waals surface area (Å²) in [5.41, 5.74) is 0.697. The van der Waals surface area contributed by atoms with Crippen LogP contribution in [0.5, 0.6) is 5.75 Å². The molecule has 5 heteroatoms. The van der Waals surface area contributed by atoms with E-state index in [0.29, 0.717) is 19.9 Å². The first-order valence-corrected chi connectivity index (χ1v) is 6.30. The fourth-order valence-corrected chi connectivity index (χ4v) is 2.27. The Balaban J connectivity index is 2.53. The van der Waals surface area contributed by atoms with E-state index in [9.17, 15) is 14.3 Å². The SMILES string of the molecule is CC(=O)OCc1cc2ccc(F)cc2c(O)c1I. The van der Waals surface area contributed by atoms with E-state index in [1.54, 1.807) is 12.1 Å². The highest BCUT2D eigenvalue weighted by molar-refractivity contribution is 14.1. The van der Waals surface area contributed by atoms with Crippen molar-refractivity contribution < 1.29 is 19.0 Å². The number of phenolic OH excluding ortho intramolecular Hbond substituents is 1. The van der Waals surface area contributed by atoms with Gasteiger partial charge in [-0.05, 0) is 46.2 Å². The summed E-state index contributed by atoms with van der Waals surface area (Å²) in [5.74, 6) is -0.777. The van der Waals surface area contributed by atoms with Crippen LogP contribution in [0.2, 0.25) is 0 Å². The number of hydrogen-bond donors (Lipinski definition) is 1. The van der Waals surface area contributed by atoms with Crippen LogP contribution in [-0.4, -0.2) is 11.1 Å². The molecule has 0 aliphatic rings. The number of aromatic hydroxyl groups is 1. The largest absolute Gasteiger partial charge is 0.506 e. The smallest absolute Gasteiger partial charge is 0.302 e. The first-order chi connectivity index (χ1) is 8.49. The molecule has 94 valence electrons. The van der Waals surface area contributed by atoms with Crippen LogP contribution in [0.15, 0.2) is 24.3 Å². The van der Waals surface area contributed by atoms with Gasteiger partial charge >= 0.3 is 5.97 Å². The van der Waals surface area contributed by atoms with Crippen LogP contribution in [-0.2, 0) is 16.1 Å². The molecule has 2 aromatic carbocycles. The second-order valence-corrected chi connectivity index (χ2v) is 4.92. The molecule has 18 heavy (non-hydrogen) atoms. The Morgan fingerprint density at radius 2 is 2.17 bits per heavy atom. The third-order valence-corrected chi connectivity index (χ3v) is 3.72. The monoisotopic (exact) mass is 360 g/mol. The summed E-state index contributed by atoms with van der Waals surface area (Å²) in [4.78, 5) is 10.8. The number of esters is 1. The maximum absolute atomic E-state index is 13.1. The van der Waals surface area contributed by atoms with Gasteiger partial charge in [-0.2, -0.15) is 0 Å². The van der Waals surface area contributed by atoms with Crippen molar-refractivity contribution in [3.8, 4) is 5.75 Å². The molecule has 0 radical (unpaired) electrons. The average molecular weight is 360 g/mol. The number of carbonyl (C=O) groups is 1. The molecule has 0 bridgehead atoms. The van der Waals surface area contributed by atoms with Crippen molar-refractivity contribution in [3.05, 3.63) is 39.2 Å². The van der Waals surface area contributed by atoms with Crippen molar-refractivity contribution in [1.82, 2.24) is 0 Å². The lowest BCUT2D eigenvalue weighted by atomic mass is 10.1. The van der Waals surface area contributed by atoms with Crippen molar-refractivity contribution in [1.29, 1.82) is 0 Å². The first-order valence-electron chi connectivity index (χ1n) is 5.22. The lowest BCUT2D eigenvalue weighted by Crippen LogP contribution is -2.01. The summed E-state index contributed by atoms with van der Waals surface area (Å²) < 4.78 is 18.6. The lowest BCUT2D eigenvalue weighted by molar-refractivity contribution is -0.142. The molecule has 0 heterocycles. The summed E-state index contributed by atoms with van der Waals surface area (Å²) >= 11 is 1.95. The Morgan fingerprint density at radius 3 is 2.83 bits per heavy atom. The maximum atomic E-state index is 13.1. The van der Waals surface area contributed by atoms with Crippen molar-refractivity contribution >= 4 is 39.3 Å². The van der Waals surface area contributed by atoms with E-state index in [1.807, 2.05) is 22.6 Å². The van der Waals surface area contributed by atoms with E-state index in [4.69, 9.17) is 4.74 Å². The highest BCUT2D eigenvalue weighted by atomic mass is 127. The van der Waals surface area contributed by atoms with E-state index < -0.39 is 5.82 Å². The predicted molar refractivity (Wildman–Crippen MR) is 73.8 cm³/mol.